The molecule has 0 bridgehead atoms. The van der Waals surface area contributed by atoms with E-state index < -0.39 is 23.4 Å². The van der Waals surface area contributed by atoms with Crippen LogP contribution in [0.2, 0.25) is 0 Å². The summed E-state index contributed by atoms with van der Waals surface area (Å²) >= 11 is 0. The van der Waals surface area contributed by atoms with Crippen molar-refractivity contribution in [2.45, 2.75) is 24.9 Å². The van der Waals surface area contributed by atoms with E-state index >= 15 is 0 Å². The molecule has 0 amide bonds. The second-order valence-corrected chi connectivity index (χ2v) is 3.96. The van der Waals surface area contributed by atoms with Gasteiger partial charge in [-0.1, -0.05) is 0 Å². The van der Waals surface area contributed by atoms with Gasteiger partial charge in [-0.05, 0) is 12.1 Å². The molecule has 0 spiro atoms. The van der Waals surface area contributed by atoms with Gasteiger partial charge in [0.2, 0.25) is 6.29 Å². The standard InChI is InChI=1S/C11H13NO6/c13-6-10-9(14)5-11(18-10)17-8-3-1-7(2-4-8)12(15)16/h1-4,9-11,13-14H,5-6H2/t9-,10+,11+/m0/s1. The summed E-state index contributed by atoms with van der Waals surface area (Å²) in [6.07, 6.45) is -1.81. The summed E-state index contributed by atoms with van der Waals surface area (Å²) in [6.45, 7) is -0.276. The molecular weight excluding hydrogens is 242 g/mol. The first kappa shape index (κ1) is 12.7. The Balaban J connectivity index is 1.96. The molecule has 7 nitrogen and oxygen atoms in total. The molecular formula is C11H13NO6. The van der Waals surface area contributed by atoms with Crippen LogP contribution in [0.15, 0.2) is 24.3 Å². The van der Waals surface area contributed by atoms with Crippen molar-refractivity contribution < 1.29 is 24.6 Å². The van der Waals surface area contributed by atoms with Crippen molar-refractivity contribution in [2.24, 2.45) is 0 Å². The fourth-order valence-electron chi connectivity index (χ4n) is 1.73. The van der Waals surface area contributed by atoms with Crippen LogP contribution >= 0.6 is 0 Å². The minimum absolute atomic E-state index is 0.0250. The highest BCUT2D eigenvalue weighted by Gasteiger charge is 2.34. The van der Waals surface area contributed by atoms with Gasteiger partial charge in [0.25, 0.3) is 5.69 Å². The van der Waals surface area contributed by atoms with E-state index in [9.17, 15) is 15.2 Å². The molecule has 1 heterocycles. The smallest absolute Gasteiger partial charge is 0.269 e. The first-order valence-electron chi connectivity index (χ1n) is 5.45. The third kappa shape index (κ3) is 2.76. The number of nitrogens with zero attached hydrogens (tertiary/aromatic N) is 1. The van der Waals surface area contributed by atoms with Gasteiger partial charge in [-0.15, -0.1) is 0 Å². The molecule has 3 atom stereocenters. The van der Waals surface area contributed by atoms with Crippen LogP contribution in [0.3, 0.4) is 0 Å². The van der Waals surface area contributed by atoms with Crippen LogP contribution in [-0.4, -0.2) is 40.2 Å². The molecule has 0 saturated carbocycles. The lowest BCUT2D eigenvalue weighted by atomic mass is 10.2. The van der Waals surface area contributed by atoms with Crippen molar-refractivity contribution >= 4 is 5.69 Å². The molecule has 2 N–H and O–H groups in total. The molecule has 0 radical (unpaired) electrons. The zero-order chi connectivity index (χ0) is 13.1. The molecule has 1 aliphatic rings. The van der Waals surface area contributed by atoms with E-state index in [1.165, 1.54) is 24.3 Å². The maximum atomic E-state index is 10.5. The van der Waals surface area contributed by atoms with Crippen molar-refractivity contribution in [3.8, 4) is 5.75 Å². The van der Waals surface area contributed by atoms with Crippen LogP contribution in [0.4, 0.5) is 5.69 Å². The second-order valence-electron chi connectivity index (χ2n) is 3.96. The van der Waals surface area contributed by atoms with E-state index in [1.807, 2.05) is 0 Å². The lowest BCUT2D eigenvalue weighted by molar-refractivity contribution is -0.384. The van der Waals surface area contributed by atoms with Gasteiger partial charge in [-0.3, -0.25) is 10.1 Å². The summed E-state index contributed by atoms with van der Waals surface area (Å²) in [6, 6.07) is 5.56. The summed E-state index contributed by atoms with van der Waals surface area (Å²) < 4.78 is 10.6. The van der Waals surface area contributed by atoms with Crippen molar-refractivity contribution in [2.75, 3.05) is 6.61 Å². The Kier molecular flexibility index (Phi) is 3.75. The molecule has 1 aromatic carbocycles. The Morgan fingerprint density at radius 1 is 1.44 bits per heavy atom. The van der Waals surface area contributed by atoms with Gasteiger partial charge in [0.15, 0.2) is 0 Å². The fourth-order valence-corrected chi connectivity index (χ4v) is 1.73. The number of aliphatic hydroxyl groups excluding tert-OH is 2. The first-order valence-corrected chi connectivity index (χ1v) is 5.45. The number of benzene rings is 1. The number of rotatable bonds is 4. The third-order valence-electron chi connectivity index (χ3n) is 2.68. The van der Waals surface area contributed by atoms with Crippen LogP contribution < -0.4 is 4.74 Å². The number of ether oxygens (including phenoxy) is 2. The molecule has 1 aliphatic heterocycles. The number of hydrogen-bond acceptors (Lipinski definition) is 6. The second kappa shape index (κ2) is 5.30. The number of aliphatic hydroxyl groups is 2. The van der Waals surface area contributed by atoms with Crippen LogP contribution in [0, 0.1) is 10.1 Å². The van der Waals surface area contributed by atoms with Gasteiger partial charge < -0.3 is 19.7 Å². The minimum atomic E-state index is -0.766. The van der Waals surface area contributed by atoms with Crippen LogP contribution in [0.5, 0.6) is 5.75 Å². The number of nitro groups is 1. The largest absolute Gasteiger partial charge is 0.465 e. The number of nitro benzene ring substituents is 1. The minimum Gasteiger partial charge on any atom is -0.465 e. The van der Waals surface area contributed by atoms with Crippen molar-refractivity contribution in [1.82, 2.24) is 0 Å². The average Bonchev–Trinajstić information content (AvgIpc) is 2.70. The Labute approximate surface area is 103 Å². The Bertz CT molecular complexity index is 420. The van der Waals surface area contributed by atoms with E-state index in [0.717, 1.165) is 0 Å². The van der Waals surface area contributed by atoms with Gasteiger partial charge in [0, 0.05) is 18.6 Å². The van der Waals surface area contributed by atoms with E-state index in [-0.39, 0.29) is 18.7 Å². The Hall–Kier alpha value is -1.70. The molecule has 1 fully saturated rings. The monoisotopic (exact) mass is 255 g/mol. The molecule has 0 unspecified atom stereocenters. The zero-order valence-electron chi connectivity index (χ0n) is 9.43. The van der Waals surface area contributed by atoms with Gasteiger partial charge >= 0.3 is 0 Å². The molecule has 1 aromatic rings. The van der Waals surface area contributed by atoms with E-state index in [2.05, 4.69) is 0 Å². The molecule has 0 aliphatic carbocycles. The molecule has 98 valence electrons. The van der Waals surface area contributed by atoms with E-state index in [0.29, 0.717) is 5.75 Å². The quantitative estimate of drug-likeness (QED) is 0.598. The molecule has 2 rings (SSSR count). The number of non-ortho nitro benzene ring substituents is 1. The molecule has 7 heteroatoms. The average molecular weight is 255 g/mol. The summed E-state index contributed by atoms with van der Waals surface area (Å²) in [5, 5.41) is 28.9. The third-order valence-corrected chi connectivity index (χ3v) is 2.68. The van der Waals surface area contributed by atoms with Crippen molar-refractivity contribution in [1.29, 1.82) is 0 Å². The maximum Gasteiger partial charge on any atom is 0.269 e. The molecule has 18 heavy (non-hydrogen) atoms. The zero-order valence-corrected chi connectivity index (χ0v) is 9.43. The predicted octanol–water partition coefficient (Wildman–Crippen LogP) is 0.442. The van der Waals surface area contributed by atoms with E-state index in [4.69, 9.17) is 14.6 Å². The van der Waals surface area contributed by atoms with Gasteiger partial charge in [0.05, 0.1) is 17.6 Å². The fraction of sp³-hybridized carbons (Fsp3) is 0.455. The van der Waals surface area contributed by atoms with Crippen molar-refractivity contribution in [3.05, 3.63) is 34.4 Å². The highest BCUT2D eigenvalue weighted by atomic mass is 16.7. The normalized spacial score (nSPS) is 27.1. The van der Waals surface area contributed by atoms with Crippen LogP contribution in [0.1, 0.15) is 6.42 Å². The van der Waals surface area contributed by atoms with Gasteiger partial charge in [0.1, 0.15) is 11.9 Å². The summed E-state index contributed by atoms with van der Waals surface area (Å²) in [4.78, 5) is 9.96. The maximum absolute atomic E-state index is 10.5. The highest BCUT2D eigenvalue weighted by Crippen LogP contribution is 2.25. The SMILES string of the molecule is O=[N+]([O-])c1ccc(O[C@H]2C[C@H](O)[C@@H](CO)O2)cc1. The summed E-state index contributed by atoms with van der Waals surface area (Å²) in [5.41, 5.74) is -0.0250. The number of hydrogen-bond donors (Lipinski definition) is 2. The Morgan fingerprint density at radius 3 is 2.61 bits per heavy atom. The van der Waals surface area contributed by atoms with Crippen LogP contribution in [0.25, 0.3) is 0 Å². The molecule has 0 aromatic heterocycles. The topological polar surface area (TPSA) is 102 Å². The van der Waals surface area contributed by atoms with Gasteiger partial charge in [-0.2, -0.15) is 0 Å². The van der Waals surface area contributed by atoms with Crippen LogP contribution in [-0.2, 0) is 4.74 Å². The Morgan fingerprint density at radius 2 is 2.11 bits per heavy atom. The predicted molar refractivity (Wildman–Crippen MR) is 60.1 cm³/mol. The van der Waals surface area contributed by atoms with Crippen molar-refractivity contribution in [3.63, 3.8) is 0 Å². The van der Waals surface area contributed by atoms with E-state index in [1.54, 1.807) is 0 Å². The molecule has 1 saturated heterocycles. The lowest BCUT2D eigenvalue weighted by Gasteiger charge is -2.13. The highest BCUT2D eigenvalue weighted by molar-refractivity contribution is 5.36. The summed E-state index contributed by atoms with van der Waals surface area (Å²) in [7, 11) is 0. The lowest BCUT2D eigenvalue weighted by Crippen LogP contribution is -2.24. The van der Waals surface area contributed by atoms with Gasteiger partial charge in [-0.25, -0.2) is 0 Å². The summed E-state index contributed by atoms with van der Waals surface area (Å²) in [5.74, 6) is 0.413. The first-order chi connectivity index (χ1) is 8.60.